The Morgan fingerprint density at radius 3 is 2.72 bits per heavy atom. The van der Waals surface area contributed by atoms with Crippen molar-refractivity contribution in [2.45, 2.75) is 31.5 Å². The minimum absolute atomic E-state index is 0.205. The molecule has 4 aromatic rings. The zero-order valence-corrected chi connectivity index (χ0v) is 16.0. The summed E-state index contributed by atoms with van der Waals surface area (Å²) in [5.41, 5.74) is 7.86. The van der Waals surface area contributed by atoms with Gasteiger partial charge in [0.25, 0.3) is 0 Å². The van der Waals surface area contributed by atoms with Crippen LogP contribution in [0.5, 0.6) is 0 Å². The van der Waals surface area contributed by atoms with Crippen molar-refractivity contribution < 1.29 is 13.2 Å². The van der Waals surface area contributed by atoms with Gasteiger partial charge >= 0.3 is 6.18 Å². The van der Waals surface area contributed by atoms with E-state index in [1.54, 1.807) is 6.20 Å². The highest BCUT2D eigenvalue weighted by Gasteiger charge is 2.32. The summed E-state index contributed by atoms with van der Waals surface area (Å²) in [6.07, 6.45) is 0.317. The van der Waals surface area contributed by atoms with Crippen molar-refractivity contribution in [1.29, 1.82) is 0 Å². The fourth-order valence-electron chi connectivity index (χ4n) is 2.97. The van der Waals surface area contributed by atoms with Crippen LogP contribution >= 0.6 is 11.3 Å². The van der Waals surface area contributed by atoms with E-state index in [9.17, 15) is 13.2 Å². The van der Waals surface area contributed by atoms with Crippen molar-refractivity contribution in [2.24, 2.45) is 5.73 Å². The summed E-state index contributed by atoms with van der Waals surface area (Å²) in [4.78, 5) is 3.47. The van der Waals surface area contributed by atoms with Crippen LogP contribution in [0, 0.1) is 0 Å². The van der Waals surface area contributed by atoms with Crippen LogP contribution in [-0.2, 0) is 19.0 Å². The Morgan fingerprint density at radius 2 is 1.97 bits per heavy atom. The zero-order chi connectivity index (χ0) is 20.4. The molecule has 0 aliphatic rings. The lowest BCUT2D eigenvalue weighted by Gasteiger charge is -2.11. The molecule has 0 radical (unpaired) electrons. The fraction of sp³-hybridized carbons (Fsp3) is 0.263. The Balaban J connectivity index is 1.34. The molecule has 1 unspecified atom stereocenters. The van der Waals surface area contributed by atoms with E-state index in [0.717, 1.165) is 32.5 Å². The Hall–Kier alpha value is -2.85. The minimum atomic E-state index is -4.43. The average molecular weight is 418 g/mol. The molecule has 150 valence electrons. The lowest BCUT2D eigenvalue weighted by atomic mass is 10.0. The third kappa shape index (κ3) is 4.60. The van der Waals surface area contributed by atoms with Crippen molar-refractivity contribution >= 4 is 22.2 Å². The predicted molar refractivity (Wildman–Crippen MR) is 104 cm³/mol. The summed E-state index contributed by atoms with van der Waals surface area (Å²) < 4.78 is 37.7. The van der Waals surface area contributed by atoms with Crippen molar-refractivity contribution in [3.63, 3.8) is 0 Å². The number of benzene rings is 1. The van der Waals surface area contributed by atoms with E-state index in [4.69, 9.17) is 5.73 Å². The topological polar surface area (TPSA) is 93.4 Å². The maximum Gasteiger partial charge on any atom is 0.433 e. The first-order valence-corrected chi connectivity index (χ1v) is 9.74. The molecule has 0 amide bonds. The molecule has 0 aliphatic heterocycles. The van der Waals surface area contributed by atoms with E-state index < -0.39 is 11.9 Å². The largest absolute Gasteiger partial charge is 0.433 e. The van der Waals surface area contributed by atoms with E-state index in [1.807, 2.05) is 18.2 Å². The third-order valence-corrected chi connectivity index (χ3v) is 5.53. The number of aryl methyl sites for hydroxylation is 1. The van der Waals surface area contributed by atoms with Gasteiger partial charge in [0.15, 0.2) is 0 Å². The summed E-state index contributed by atoms with van der Waals surface area (Å²) >= 11 is 1.50. The first kappa shape index (κ1) is 19.5. The number of nitrogens with one attached hydrogen (secondary N) is 1. The van der Waals surface area contributed by atoms with Crippen LogP contribution in [0.2, 0.25) is 0 Å². The Bertz CT molecular complexity index is 1100. The standard InChI is InChI=1S/C19H17F3N6S/c20-19(21,22)16-5-1-11(9-24-16)7-14(23)3-6-17-27-28-18(29-17)12-2-4-15-13(8-12)10-25-26-15/h1-2,4-5,8-10,14H,3,6-7,23H2,(H,25,26). The summed E-state index contributed by atoms with van der Waals surface area (Å²) in [5.74, 6) is 0. The van der Waals surface area contributed by atoms with Crippen molar-refractivity contribution in [3.05, 3.63) is 59.0 Å². The number of alkyl halides is 3. The second kappa shape index (κ2) is 7.88. The molecule has 3 heterocycles. The van der Waals surface area contributed by atoms with Gasteiger partial charge in [-0.25, -0.2) is 0 Å². The number of hydrogen-bond acceptors (Lipinski definition) is 6. The minimum Gasteiger partial charge on any atom is -0.327 e. The number of hydrogen-bond donors (Lipinski definition) is 2. The summed E-state index contributed by atoms with van der Waals surface area (Å²) in [5, 5.41) is 18.1. The maximum absolute atomic E-state index is 12.6. The Kier molecular flexibility index (Phi) is 5.29. The highest BCUT2D eigenvalue weighted by molar-refractivity contribution is 7.14. The second-order valence-electron chi connectivity index (χ2n) is 6.73. The van der Waals surface area contributed by atoms with Gasteiger partial charge in [0.05, 0.1) is 11.7 Å². The van der Waals surface area contributed by atoms with Crippen LogP contribution in [-0.4, -0.2) is 31.4 Å². The fourth-order valence-corrected chi connectivity index (χ4v) is 3.82. The number of aromatic nitrogens is 5. The number of nitrogens with two attached hydrogens (primary N) is 1. The second-order valence-corrected chi connectivity index (χ2v) is 7.79. The molecule has 3 N–H and O–H groups in total. The molecule has 0 spiro atoms. The van der Waals surface area contributed by atoms with Crippen molar-refractivity contribution in [1.82, 2.24) is 25.4 Å². The number of H-pyrrole nitrogens is 1. The maximum atomic E-state index is 12.6. The first-order valence-electron chi connectivity index (χ1n) is 8.92. The molecular weight excluding hydrogens is 401 g/mol. The van der Waals surface area contributed by atoms with Crippen LogP contribution in [0.3, 0.4) is 0 Å². The SMILES string of the molecule is NC(CCc1nnc(-c2ccc3[nH]ncc3c2)s1)Cc1ccc(C(F)(F)F)nc1. The van der Waals surface area contributed by atoms with Crippen LogP contribution in [0.25, 0.3) is 21.5 Å². The molecular formula is C19H17F3N6S. The molecule has 0 aliphatic carbocycles. The van der Waals surface area contributed by atoms with Gasteiger partial charge in [0.2, 0.25) is 0 Å². The Labute approximate surface area is 168 Å². The quantitative estimate of drug-likeness (QED) is 0.494. The number of halogens is 3. The molecule has 29 heavy (non-hydrogen) atoms. The van der Waals surface area contributed by atoms with Crippen LogP contribution < -0.4 is 5.73 Å². The van der Waals surface area contributed by atoms with Gasteiger partial charge in [-0.15, -0.1) is 10.2 Å². The lowest BCUT2D eigenvalue weighted by Crippen LogP contribution is -2.23. The normalized spacial score (nSPS) is 13.1. The molecule has 3 aromatic heterocycles. The van der Waals surface area contributed by atoms with E-state index in [2.05, 4.69) is 25.4 Å². The van der Waals surface area contributed by atoms with Gasteiger partial charge < -0.3 is 5.73 Å². The first-order chi connectivity index (χ1) is 13.9. The van der Waals surface area contributed by atoms with Crippen LogP contribution in [0.15, 0.2) is 42.7 Å². The van der Waals surface area contributed by atoms with Crippen LogP contribution in [0.4, 0.5) is 13.2 Å². The summed E-state index contributed by atoms with van der Waals surface area (Å²) in [7, 11) is 0. The van der Waals surface area contributed by atoms with Gasteiger partial charge in [-0.1, -0.05) is 17.4 Å². The monoisotopic (exact) mass is 418 g/mol. The van der Waals surface area contributed by atoms with E-state index in [0.29, 0.717) is 24.8 Å². The molecule has 6 nitrogen and oxygen atoms in total. The molecule has 10 heteroatoms. The third-order valence-electron chi connectivity index (χ3n) is 4.50. The van der Waals surface area contributed by atoms with E-state index in [1.165, 1.54) is 23.6 Å². The van der Waals surface area contributed by atoms with Gasteiger partial charge in [-0.2, -0.15) is 18.3 Å². The molecule has 0 bridgehead atoms. The van der Waals surface area contributed by atoms with Gasteiger partial charge in [0.1, 0.15) is 15.7 Å². The van der Waals surface area contributed by atoms with Crippen molar-refractivity contribution in [2.75, 3.05) is 0 Å². The molecule has 0 saturated heterocycles. The predicted octanol–water partition coefficient (Wildman–Crippen LogP) is 4.00. The molecule has 0 saturated carbocycles. The van der Waals surface area contributed by atoms with Crippen LogP contribution in [0.1, 0.15) is 22.7 Å². The van der Waals surface area contributed by atoms with Gasteiger partial charge in [-0.3, -0.25) is 10.1 Å². The molecule has 1 atom stereocenters. The smallest absolute Gasteiger partial charge is 0.327 e. The van der Waals surface area contributed by atoms with Crippen molar-refractivity contribution in [3.8, 4) is 10.6 Å². The van der Waals surface area contributed by atoms with Gasteiger partial charge in [0, 0.05) is 29.6 Å². The Morgan fingerprint density at radius 1 is 1.10 bits per heavy atom. The molecule has 1 aromatic carbocycles. The molecule has 0 fully saturated rings. The summed E-state index contributed by atoms with van der Waals surface area (Å²) in [6.45, 7) is 0. The lowest BCUT2D eigenvalue weighted by molar-refractivity contribution is -0.141. The highest BCUT2D eigenvalue weighted by Crippen LogP contribution is 2.28. The molecule has 4 rings (SSSR count). The number of aromatic amines is 1. The average Bonchev–Trinajstić information content (AvgIpc) is 3.35. The zero-order valence-electron chi connectivity index (χ0n) is 15.1. The highest BCUT2D eigenvalue weighted by atomic mass is 32.1. The number of nitrogens with zero attached hydrogens (tertiary/aromatic N) is 4. The number of fused-ring (bicyclic) bond motifs is 1. The number of rotatable bonds is 6. The van der Waals surface area contributed by atoms with E-state index >= 15 is 0 Å². The van der Waals surface area contributed by atoms with Gasteiger partial charge in [-0.05, 0) is 42.7 Å². The summed E-state index contributed by atoms with van der Waals surface area (Å²) in [6, 6.07) is 8.12. The van der Waals surface area contributed by atoms with E-state index in [-0.39, 0.29) is 6.04 Å². The number of pyridine rings is 1.